The van der Waals surface area contributed by atoms with Gasteiger partial charge in [0.15, 0.2) is 6.29 Å². The first kappa shape index (κ1) is 70.6. The summed E-state index contributed by atoms with van der Waals surface area (Å²) in [7, 11) is -1.66. The molecular weight excluding hydrogens is 771 g/mol. The topological polar surface area (TPSA) is 71.4 Å². The minimum atomic E-state index is -1.66. The van der Waals surface area contributed by atoms with Gasteiger partial charge in [-0.2, -0.15) is 22.4 Å². The number of ether oxygens (including phenoxy) is 1. The number of hydrogen-bond acceptors (Lipinski definition) is 7. The zero-order chi connectivity index (χ0) is 46.1. The highest BCUT2D eigenvalue weighted by Crippen LogP contribution is 2.45. The van der Waals surface area contributed by atoms with Crippen LogP contribution >= 0.6 is 22.4 Å². The molecule has 2 atom stereocenters. The first-order valence-electron chi connectivity index (χ1n) is 25.4. The molecule has 0 spiro atoms. The second-order valence-electron chi connectivity index (χ2n) is 14.0. The van der Waals surface area contributed by atoms with Crippen molar-refractivity contribution in [3.8, 4) is 0 Å². The summed E-state index contributed by atoms with van der Waals surface area (Å²) in [6.45, 7) is 28.5. The highest BCUT2D eigenvalue weighted by Gasteiger charge is 2.20. The van der Waals surface area contributed by atoms with Gasteiger partial charge in [0.2, 0.25) is 0 Å². The van der Waals surface area contributed by atoms with Gasteiger partial charge in [0, 0.05) is 37.3 Å². The Kier molecular flexibility index (Phi) is 80.2. The minimum Gasteiger partial charge on any atom is -0.395 e. The van der Waals surface area contributed by atoms with Crippen LogP contribution in [-0.2, 0) is 13.1 Å². The van der Waals surface area contributed by atoms with Gasteiger partial charge in [-0.1, -0.05) is 191 Å². The van der Waals surface area contributed by atoms with Crippen LogP contribution in [0.3, 0.4) is 0 Å². The first-order chi connectivity index (χ1) is 28.9. The quantitative estimate of drug-likeness (QED) is 0.0362. The van der Waals surface area contributed by atoms with E-state index >= 15 is 0 Å². The van der Waals surface area contributed by atoms with E-state index in [2.05, 4.69) is 61.8 Å². The fourth-order valence-corrected chi connectivity index (χ4v) is 7.73. The van der Waals surface area contributed by atoms with Gasteiger partial charge in [-0.05, 0) is 70.6 Å². The van der Waals surface area contributed by atoms with Crippen LogP contribution in [0.1, 0.15) is 231 Å². The number of aliphatic hydroxyl groups is 2. The number of unbranched alkanes of at least 4 members (excludes halogenated alkanes) is 16. The van der Waals surface area contributed by atoms with Crippen molar-refractivity contribution < 1.29 is 23.3 Å². The van der Waals surface area contributed by atoms with Crippen molar-refractivity contribution in [3.63, 3.8) is 0 Å². The van der Waals surface area contributed by atoms with Crippen molar-refractivity contribution in [1.82, 2.24) is 4.90 Å². The molecule has 2 N–H and O–H groups in total. The van der Waals surface area contributed by atoms with Crippen molar-refractivity contribution in [1.29, 1.82) is 0 Å². The molecule has 0 aromatic carbocycles. The summed E-state index contributed by atoms with van der Waals surface area (Å²) in [6.07, 6.45) is 43.7. The van der Waals surface area contributed by atoms with E-state index in [0.717, 1.165) is 58.1 Å². The first-order valence-corrected chi connectivity index (χ1v) is 28.9. The Morgan fingerprint density at radius 2 is 0.983 bits per heavy atom. The summed E-state index contributed by atoms with van der Waals surface area (Å²) in [5.74, 6) is 0. The van der Waals surface area contributed by atoms with Crippen molar-refractivity contribution >= 4 is 22.4 Å². The number of nitrogens with zero attached hydrogens (tertiary/aromatic N) is 1. The van der Waals surface area contributed by atoms with Crippen LogP contribution in [0.25, 0.3) is 0 Å². The molecule has 0 saturated heterocycles. The molecule has 6 nitrogen and oxygen atoms in total. The Morgan fingerprint density at radius 1 is 0.542 bits per heavy atom. The van der Waals surface area contributed by atoms with Crippen LogP contribution in [0.15, 0.2) is 24.3 Å². The molecule has 0 aromatic heterocycles. The molecule has 0 heterocycles. The monoisotopic (exact) mass is 884 g/mol. The molecule has 0 saturated carbocycles. The molecule has 364 valence electrons. The summed E-state index contributed by atoms with van der Waals surface area (Å²) in [6, 6.07) is 0. The van der Waals surface area contributed by atoms with Gasteiger partial charge in [-0.25, -0.2) is 0 Å². The van der Waals surface area contributed by atoms with E-state index in [1.165, 1.54) is 103 Å². The van der Waals surface area contributed by atoms with Crippen molar-refractivity contribution in [3.05, 3.63) is 24.3 Å². The van der Waals surface area contributed by atoms with Gasteiger partial charge < -0.3 is 14.9 Å². The Bertz CT molecular complexity index is 720. The molecule has 0 aliphatic heterocycles. The predicted octanol–water partition coefficient (Wildman–Crippen LogP) is 16.5. The van der Waals surface area contributed by atoms with E-state index in [0.29, 0.717) is 24.9 Å². The van der Waals surface area contributed by atoms with Gasteiger partial charge in [0.25, 0.3) is 0 Å². The maximum absolute atomic E-state index is 9.20. The van der Waals surface area contributed by atoms with E-state index in [4.69, 9.17) is 13.1 Å². The lowest BCUT2D eigenvalue weighted by atomic mass is 10.1. The predicted molar refractivity (Wildman–Crippen MR) is 277 cm³/mol. The standard InChI is InChI=1S/C41H83NO5S2.5C2H6/c1-6-8-10-12-14-15-16-17-18-19-20-21-22-24-28-32-41(45-39-40(48-3)31-27-23-13-11-9-7-2)47-49(4,5)46-38-30-26-25-29-33-42(34-36-43)35-37-44;5*1-2/h14-15,17-18,40-41,43-44H,6-13,16,19-39H2,1-5H3;5*1-2H3/b15-14-,18-17-;;;;;. The normalized spacial score (nSPS) is 12.2. The Morgan fingerprint density at radius 3 is 1.51 bits per heavy atom. The van der Waals surface area contributed by atoms with Gasteiger partial charge in [0.1, 0.15) is 0 Å². The highest BCUT2D eigenvalue weighted by molar-refractivity contribution is 8.24. The molecule has 0 amide bonds. The van der Waals surface area contributed by atoms with Crippen LogP contribution in [-0.4, -0.2) is 91.5 Å². The van der Waals surface area contributed by atoms with E-state index < -0.39 is 10.6 Å². The van der Waals surface area contributed by atoms with Crippen LogP contribution in [0.4, 0.5) is 0 Å². The third kappa shape index (κ3) is 62.3. The van der Waals surface area contributed by atoms with Crippen LogP contribution < -0.4 is 0 Å². The fourth-order valence-electron chi connectivity index (χ4n) is 5.87. The SMILES string of the molecule is CC.CC.CC.CC.CC.CCCCC/C=C\C/C=C\CCCCCCCC(OCC(CCCCCCCC)SC)OS(C)(C)OCCCCCCN(CCO)CCO. The fraction of sp³-hybridized carbons (Fsp3) is 0.922. The van der Waals surface area contributed by atoms with Crippen LogP contribution in [0.5, 0.6) is 0 Å². The molecule has 0 fully saturated rings. The average molecular weight is 885 g/mol. The molecule has 2 unspecified atom stereocenters. The summed E-state index contributed by atoms with van der Waals surface area (Å²) >= 11 is 1.94. The lowest BCUT2D eigenvalue weighted by Crippen LogP contribution is -2.30. The number of rotatable bonds is 39. The number of thioether (sulfide) groups is 1. The van der Waals surface area contributed by atoms with Crippen molar-refractivity contribution in [2.75, 3.05) is 64.8 Å². The third-order valence-corrected chi connectivity index (χ3v) is 11.4. The number of aliphatic hydroxyl groups excluding tert-OH is 2. The molecule has 0 rings (SSSR count). The molecule has 0 bridgehead atoms. The van der Waals surface area contributed by atoms with Crippen molar-refractivity contribution in [2.24, 2.45) is 0 Å². The maximum Gasteiger partial charge on any atom is 0.180 e. The number of hydrogen-bond donors (Lipinski definition) is 2. The molecular formula is C51H113NO5S2. The maximum atomic E-state index is 9.20. The smallest absolute Gasteiger partial charge is 0.180 e. The van der Waals surface area contributed by atoms with E-state index in [1.54, 1.807) is 0 Å². The lowest BCUT2D eigenvalue weighted by Gasteiger charge is -2.38. The van der Waals surface area contributed by atoms with E-state index in [1.807, 2.05) is 81.0 Å². The Hall–Kier alpha value is -0.0600. The second kappa shape index (κ2) is 67.0. The second-order valence-corrected chi connectivity index (χ2v) is 17.8. The zero-order valence-electron chi connectivity index (χ0n) is 43.1. The van der Waals surface area contributed by atoms with E-state index in [-0.39, 0.29) is 19.5 Å². The van der Waals surface area contributed by atoms with Crippen LogP contribution in [0.2, 0.25) is 0 Å². The van der Waals surface area contributed by atoms with Gasteiger partial charge >= 0.3 is 0 Å². The number of allylic oxidation sites excluding steroid dienone is 4. The lowest BCUT2D eigenvalue weighted by molar-refractivity contribution is -0.0830. The molecule has 0 aliphatic carbocycles. The summed E-state index contributed by atoms with van der Waals surface area (Å²) in [4.78, 5) is 2.13. The van der Waals surface area contributed by atoms with Gasteiger partial charge in [-0.15, -0.1) is 0 Å². The molecule has 0 aromatic rings. The zero-order valence-corrected chi connectivity index (χ0v) is 44.7. The van der Waals surface area contributed by atoms with Crippen LogP contribution in [0, 0.1) is 0 Å². The molecule has 8 heteroatoms. The van der Waals surface area contributed by atoms with E-state index in [9.17, 15) is 10.2 Å². The Balaban J connectivity index is -0.000000648. The summed E-state index contributed by atoms with van der Waals surface area (Å²) < 4.78 is 19.4. The average Bonchev–Trinajstić information content (AvgIpc) is 3.27. The third-order valence-electron chi connectivity index (χ3n) is 8.98. The van der Waals surface area contributed by atoms with Gasteiger partial charge in [0.05, 0.1) is 26.4 Å². The highest BCUT2D eigenvalue weighted by atomic mass is 32.3. The molecule has 59 heavy (non-hydrogen) atoms. The van der Waals surface area contributed by atoms with Crippen molar-refractivity contribution in [2.45, 2.75) is 242 Å². The van der Waals surface area contributed by atoms with Gasteiger partial charge in [-0.3, -0.25) is 13.3 Å². The molecule has 0 aliphatic rings. The minimum absolute atomic E-state index is 0.142. The summed E-state index contributed by atoms with van der Waals surface area (Å²) in [5, 5.41) is 18.9. The largest absolute Gasteiger partial charge is 0.395 e. The summed E-state index contributed by atoms with van der Waals surface area (Å²) in [5.41, 5.74) is 0. The molecule has 0 radical (unpaired) electrons. The Labute approximate surface area is 380 Å².